The number of nitro benzene ring substituents is 1. The lowest BCUT2D eigenvalue weighted by Gasteiger charge is -2.09. The number of hydrogen-bond acceptors (Lipinski definition) is 4. The molecule has 6 heteroatoms. The van der Waals surface area contributed by atoms with E-state index < -0.39 is 4.92 Å². The van der Waals surface area contributed by atoms with Crippen LogP contribution in [0.2, 0.25) is 0 Å². The van der Waals surface area contributed by atoms with Gasteiger partial charge in [-0.1, -0.05) is 6.07 Å². The minimum absolute atomic E-state index is 0.0597. The van der Waals surface area contributed by atoms with Crippen molar-refractivity contribution in [3.8, 4) is 11.4 Å². The Morgan fingerprint density at radius 2 is 2.16 bits per heavy atom. The van der Waals surface area contributed by atoms with Gasteiger partial charge in [-0.15, -0.1) is 0 Å². The number of para-hydroxylation sites is 1. The summed E-state index contributed by atoms with van der Waals surface area (Å²) in [4.78, 5) is 10.9. The zero-order valence-corrected chi connectivity index (χ0v) is 11.1. The second-order valence-electron chi connectivity index (χ2n) is 4.15. The van der Waals surface area contributed by atoms with E-state index in [2.05, 4.69) is 5.10 Å². The summed E-state index contributed by atoms with van der Waals surface area (Å²) in [5, 5.41) is 15.6. The zero-order valence-electron chi connectivity index (χ0n) is 11.1. The van der Waals surface area contributed by atoms with Gasteiger partial charge in [0.05, 0.1) is 17.2 Å². The maximum atomic E-state index is 11.3. The molecule has 0 aliphatic carbocycles. The normalized spacial score (nSPS) is 10.5. The summed E-state index contributed by atoms with van der Waals surface area (Å²) in [6.07, 6.45) is 0. The van der Waals surface area contributed by atoms with Crippen molar-refractivity contribution in [2.45, 2.75) is 20.8 Å². The van der Waals surface area contributed by atoms with E-state index in [1.54, 1.807) is 29.8 Å². The monoisotopic (exact) mass is 261 g/mol. The highest BCUT2D eigenvalue weighted by molar-refractivity contribution is 5.61. The van der Waals surface area contributed by atoms with Gasteiger partial charge in [0.15, 0.2) is 5.75 Å². The number of hydrogen-bond donors (Lipinski definition) is 0. The Labute approximate surface area is 110 Å². The van der Waals surface area contributed by atoms with Crippen molar-refractivity contribution in [1.29, 1.82) is 0 Å². The molecule has 0 spiro atoms. The van der Waals surface area contributed by atoms with Crippen molar-refractivity contribution in [2.24, 2.45) is 0 Å². The minimum Gasteiger partial charge on any atom is -0.487 e. The third kappa shape index (κ3) is 2.42. The first kappa shape index (κ1) is 13.1. The van der Waals surface area contributed by atoms with Crippen LogP contribution in [0.5, 0.6) is 5.75 Å². The van der Waals surface area contributed by atoms with Crippen LogP contribution in [0.1, 0.15) is 18.3 Å². The number of aromatic nitrogens is 2. The van der Waals surface area contributed by atoms with Gasteiger partial charge in [0.25, 0.3) is 0 Å². The Morgan fingerprint density at radius 1 is 1.42 bits per heavy atom. The van der Waals surface area contributed by atoms with Crippen LogP contribution in [-0.4, -0.2) is 21.3 Å². The molecule has 0 amide bonds. The second-order valence-corrected chi connectivity index (χ2v) is 4.15. The van der Waals surface area contributed by atoms with Crippen LogP contribution in [0.25, 0.3) is 5.69 Å². The maximum Gasteiger partial charge on any atom is 0.336 e. The molecule has 1 aromatic carbocycles. The van der Waals surface area contributed by atoms with Crippen molar-refractivity contribution < 1.29 is 9.66 Å². The van der Waals surface area contributed by atoms with Crippen molar-refractivity contribution in [3.05, 3.63) is 45.8 Å². The molecule has 0 radical (unpaired) electrons. The van der Waals surface area contributed by atoms with Crippen molar-refractivity contribution in [1.82, 2.24) is 9.78 Å². The lowest BCUT2D eigenvalue weighted by molar-refractivity contribution is -0.385. The van der Waals surface area contributed by atoms with Gasteiger partial charge in [0.2, 0.25) is 0 Å². The molecule has 0 atom stereocenters. The van der Waals surface area contributed by atoms with Crippen LogP contribution in [-0.2, 0) is 0 Å². The fraction of sp³-hybridized carbons (Fsp3) is 0.308. The molecule has 19 heavy (non-hydrogen) atoms. The quantitative estimate of drug-likeness (QED) is 0.626. The Kier molecular flexibility index (Phi) is 3.50. The number of benzene rings is 1. The fourth-order valence-electron chi connectivity index (χ4n) is 2.01. The van der Waals surface area contributed by atoms with Crippen LogP contribution >= 0.6 is 0 Å². The predicted molar refractivity (Wildman–Crippen MR) is 70.9 cm³/mol. The molecule has 0 unspecified atom stereocenters. The van der Waals surface area contributed by atoms with E-state index >= 15 is 0 Å². The van der Waals surface area contributed by atoms with E-state index in [9.17, 15) is 10.1 Å². The first-order chi connectivity index (χ1) is 9.04. The molecule has 0 N–H and O–H groups in total. The molecule has 0 fully saturated rings. The summed E-state index contributed by atoms with van der Waals surface area (Å²) in [5.74, 6) is 0.262. The summed E-state index contributed by atoms with van der Waals surface area (Å²) >= 11 is 0. The average Bonchev–Trinajstić information content (AvgIpc) is 2.68. The molecule has 1 aromatic heterocycles. The van der Waals surface area contributed by atoms with Crippen molar-refractivity contribution in [3.63, 3.8) is 0 Å². The van der Waals surface area contributed by atoms with Gasteiger partial charge in [-0.05, 0) is 39.0 Å². The molecule has 0 aliphatic heterocycles. The minimum atomic E-state index is -0.434. The van der Waals surface area contributed by atoms with Gasteiger partial charge in [-0.25, -0.2) is 4.68 Å². The lowest BCUT2D eigenvalue weighted by atomic mass is 10.2. The number of rotatable bonds is 4. The molecular weight excluding hydrogens is 246 g/mol. The van der Waals surface area contributed by atoms with Crippen LogP contribution in [0.15, 0.2) is 24.3 Å². The molecule has 100 valence electrons. The van der Waals surface area contributed by atoms with Crippen LogP contribution in [0.3, 0.4) is 0 Å². The van der Waals surface area contributed by atoms with E-state index in [1.165, 1.54) is 0 Å². The van der Waals surface area contributed by atoms with Gasteiger partial charge in [-0.2, -0.15) is 5.10 Å². The summed E-state index contributed by atoms with van der Waals surface area (Å²) in [6.45, 7) is 5.87. The van der Waals surface area contributed by atoms with Gasteiger partial charge >= 0.3 is 5.69 Å². The predicted octanol–water partition coefficient (Wildman–Crippen LogP) is 2.80. The maximum absolute atomic E-state index is 11.3. The standard InChI is InChI=1S/C13H15N3O3/c1-4-19-12-7-5-6-11(13(12)16(17)18)15-10(3)8-9(2)14-15/h5-8H,4H2,1-3H3. The van der Waals surface area contributed by atoms with Gasteiger partial charge in [-0.3, -0.25) is 10.1 Å². The van der Waals surface area contributed by atoms with Gasteiger partial charge in [0, 0.05) is 5.69 Å². The molecule has 1 heterocycles. The molecule has 2 aromatic rings. The molecule has 0 aliphatic rings. The third-order valence-corrected chi connectivity index (χ3v) is 2.70. The molecule has 0 saturated carbocycles. The summed E-state index contributed by atoms with van der Waals surface area (Å²) in [7, 11) is 0. The molecule has 2 rings (SSSR count). The molecule has 6 nitrogen and oxygen atoms in total. The van der Waals surface area contributed by atoms with Gasteiger partial charge < -0.3 is 4.74 Å². The largest absolute Gasteiger partial charge is 0.487 e. The average molecular weight is 261 g/mol. The first-order valence-electron chi connectivity index (χ1n) is 5.98. The number of aryl methyl sites for hydroxylation is 2. The topological polar surface area (TPSA) is 70.2 Å². The summed E-state index contributed by atoms with van der Waals surface area (Å²) in [6, 6.07) is 6.86. The fourth-order valence-corrected chi connectivity index (χ4v) is 2.01. The van der Waals surface area contributed by atoms with E-state index in [0.29, 0.717) is 12.3 Å². The van der Waals surface area contributed by atoms with Crippen LogP contribution in [0.4, 0.5) is 5.69 Å². The Bertz CT molecular complexity index is 620. The molecule has 0 saturated heterocycles. The number of nitro groups is 1. The third-order valence-electron chi connectivity index (χ3n) is 2.70. The first-order valence-corrected chi connectivity index (χ1v) is 5.98. The lowest BCUT2D eigenvalue weighted by Crippen LogP contribution is -2.06. The highest BCUT2D eigenvalue weighted by Gasteiger charge is 2.23. The highest BCUT2D eigenvalue weighted by atomic mass is 16.6. The SMILES string of the molecule is CCOc1cccc(-n2nc(C)cc2C)c1[N+](=O)[O-]. The Balaban J connectivity index is 2.66. The smallest absolute Gasteiger partial charge is 0.336 e. The van der Waals surface area contributed by atoms with Crippen LogP contribution < -0.4 is 4.74 Å². The van der Waals surface area contributed by atoms with E-state index in [0.717, 1.165) is 11.4 Å². The van der Waals surface area contributed by atoms with Crippen molar-refractivity contribution in [2.75, 3.05) is 6.61 Å². The van der Waals surface area contributed by atoms with Gasteiger partial charge in [0.1, 0.15) is 5.69 Å². The van der Waals surface area contributed by atoms with Crippen molar-refractivity contribution >= 4 is 5.69 Å². The van der Waals surface area contributed by atoms with E-state index in [1.807, 2.05) is 19.9 Å². The van der Waals surface area contributed by atoms with E-state index in [-0.39, 0.29) is 11.4 Å². The summed E-state index contributed by atoms with van der Waals surface area (Å²) < 4.78 is 6.89. The Hall–Kier alpha value is -2.37. The highest BCUT2D eigenvalue weighted by Crippen LogP contribution is 2.33. The molecule has 0 bridgehead atoms. The Morgan fingerprint density at radius 3 is 2.68 bits per heavy atom. The van der Waals surface area contributed by atoms with Crippen LogP contribution in [0, 0.1) is 24.0 Å². The number of ether oxygens (including phenoxy) is 1. The second kappa shape index (κ2) is 5.09. The number of nitrogens with zero attached hydrogens (tertiary/aromatic N) is 3. The molecular formula is C13H15N3O3. The summed E-state index contributed by atoms with van der Waals surface area (Å²) in [5.41, 5.74) is 2.01. The van der Waals surface area contributed by atoms with E-state index in [4.69, 9.17) is 4.74 Å². The zero-order chi connectivity index (χ0) is 14.0.